The maximum Gasteiger partial charge on any atom is 0.255 e. The number of benzene rings is 4. The van der Waals surface area contributed by atoms with Gasteiger partial charge < -0.3 is 29.4 Å². The number of imide groups is 1. The second-order valence-electron chi connectivity index (χ2n) is 17.6. The van der Waals surface area contributed by atoms with E-state index in [-0.39, 0.29) is 54.4 Å². The number of nitrogens with one attached hydrogen (secondary N) is 1. The number of halogens is 3. The van der Waals surface area contributed by atoms with Crippen LogP contribution in [0.25, 0.3) is 0 Å². The average molecular weight is 821 g/mol. The molecule has 0 bridgehead atoms. The monoisotopic (exact) mass is 820 g/mol. The van der Waals surface area contributed by atoms with Gasteiger partial charge in [0.1, 0.15) is 35.0 Å². The SMILES string of the molecule is [2H]C1(N2Cc3cc(N4CC5(CCN(CC6CCN(c7ccc([C@@H]8c9ccc(O)cc9OC[C@@H]8c8c(F)cccc8F)cc7F)CC6)CC5)C4)ccc3C2=O)CCC(=O)NC1=O. The summed E-state index contributed by atoms with van der Waals surface area (Å²) >= 11 is 0. The minimum atomic E-state index is -1.80. The fourth-order valence-corrected chi connectivity index (χ4v) is 10.7. The highest BCUT2D eigenvalue weighted by Gasteiger charge is 2.46. The van der Waals surface area contributed by atoms with E-state index in [0.717, 1.165) is 82.7 Å². The number of amides is 3. The van der Waals surface area contributed by atoms with E-state index in [1.165, 1.54) is 41.3 Å². The van der Waals surface area contributed by atoms with Crippen LogP contribution >= 0.6 is 0 Å². The maximum absolute atomic E-state index is 16.1. The van der Waals surface area contributed by atoms with Gasteiger partial charge in [-0.1, -0.05) is 18.2 Å². The number of nitrogens with zero attached hydrogens (tertiary/aromatic N) is 4. The van der Waals surface area contributed by atoms with Crippen molar-refractivity contribution in [3.05, 3.63) is 118 Å². The zero-order valence-electron chi connectivity index (χ0n) is 34.3. The summed E-state index contributed by atoms with van der Waals surface area (Å²) in [5.41, 5.74) is 4.24. The van der Waals surface area contributed by atoms with Crippen molar-refractivity contribution in [2.24, 2.45) is 11.3 Å². The minimum Gasteiger partial charge on any atom is -0.508 e. The molecule has 6 aliphatic rings. The van der Waals surface area contributed by atoms with Crippen molar-refractivity contribution in [2.45, 2.75) is 62.9 Å². The Hall–Kier alpha value is -5.56. The first-order valence-electron chi connectivity index (χ1n) is 21.6. The molecule has 4 fully saturated rings. The van der Waals surface area contributed by atoms with E-state index in [1.54, 1.807) is 18.2 Å². The third-order valence-electron chi connectivity index (χ3n) is 14.0. The van der Waals surface area contributed by atoms with Crippen LogP contribution in [0.2, 0.25) is 0 Å². The van der Waals surface area contributed by atoms with E-state index in [4.69, 9.17) is 6.11 Å². The van der Waals surface area contributed by atoms with Crippen LogP contribution in [-0.4, -0.2) is 91.1 Å². The van der Waals surface area contributed by atoms with E-state index < -0.39 is 41.3 Å². The third-order valence-corrected chi connectivity index (χ3v) is 14.0. The fourth-order valence-electron chi connectivity index (χ4n) is 10.7. The second-order valence-corrected chi connectivity index (χ2v) is 17.6. The van der Waals surface area contributed by atoms with Crippen molar-refractivity contribution >= 4 is 29.1 Å². The lowest BCUT2D eigenvalue weighted by molar-refractivity contribution is -0.136. The molecule has 3 atom stereocenters. The first-order valence-corrected chi connectivity index (χ1v) is 21.1. The number of rotatable bonds is 7. The molecule has 0 radical (unpaired) electrons. The zero-order chi connectivity index (χ0) is 42.2. The Morgan fingerprint density at radius 2 is 1.62 bits per heavy atom. The van der Waals surface area contributed by atoms with Crippen LogP contribution in [0.4, 0.5) is 24.5 Å². The van der Waals surface area contributed by atoms with Crippen LogP contribution in [0.3, 0.4) is 0 Å². The summed E-state index contributed by atoms with van der Waals surface area (Å²) in [4.78, 5) is 45.9. The Morgan fingerprint density at radius 1 is 0.850 bits per heavy atom. The van der Waals surface area contributed by atoms with Gasteiger partial charge in [-0.3, -0.25) is 19.7 Å². The van der Waals surface area contributed by atoms with Crippen molar-refractivity contribution < 1.29 is 38.8 Å². The number of piperidine rings is 3. The molecule has 4 aromatic rings. The molecule has 6 heterocycles. The van der Waals surface area contributed by atoms with Gasteiger partial charge in [-0.25, -0.2) is 13.2 Å². The van der Waals surface area contributed by atoms with Crippen molar-refractivity contribution in [3.63, 3.8) is 0 Å². The van der Waals surface area contributed by atoms with E-state index in [2.05, 4.69) is 20.0 Å². The van der Waals surface area contributed by atoms with Crippen LogP contribution in [0.15, 0.2) is 72.8 Å². The third kappa shape index (κ3) is 6.94. The number of anilines is 2. The summed E-state index contributed by atoms with van der Waals surface area (Å²) in [6.45, 7) is 6.56. The molecule has 60 heavy (non-hydrogen) atoms. The lowest BCUT2D eigenvalue weighted by Crippen LogP contribution is -2.60. The zero-order valence-corrected chi connectivity index (χ0v) is 33.3. The highest BCUT2D eigenvalue weighted by atomic mass is 19.1. The van der Waals surface area contributed by atoms with E-state index >= 15 is 13.2 Å². The van der Waals surface area contributed by atoms with Gasteiger partial charge in [-0.2, -0.15) is 0 Å². The maximum atomic E-state index is 16.1. The first-order chi connectivity index (χ1) is 29.4. The molecule has 0 aliphatic carbocycles. The van der Waals surface area contributed by atoms with Gasteiger partial charge in [0.25, 0.3) is 5.91 Å². The van der Waals surface area contributed by atoms with Gasteiger partial charge in [0, 0.05) is 91.4 Å². The van der Waals surface area contributed by atoms with Gasteiger partial charge in [-0.05, 0) is 111 Å². The van der Waals surface area contributed by atoms with E-state index in [1.807, 2.05) is 18.2 Å². The molecule has 3 amide bonds. The number of fused-ring (bicyclic) bond motifs is 2. The Bertz CT molecular complexity index is 2410. The van der Waals surface area contributed by atoms with Crippen LogP contribution in [0.5, 0.6) is 11.5 Å². The predicted molar refractivity (Wildman–Crippen MR) is 219 cm³/mol. The van der Waals surface area contributed by atoms with Crippen LogP contribution < -0.4 is 19.9 Å². The Balaban J connectivity index is 0.730. The molecule has 6 aliphatic heterocycles. The predicted octanol–water partition coefficient (Wildman–Crippen LogP) is 6.70. The topological polar surface area (TPSA) is 106 Å². The molecule has 1 unspecified atom stereocenters. The average Bonchev–Trinajstić information content (AvgIpc) is 3.57. The molecular weight excluding hydrogens is 772 g/mol. The molecule has 0 aromatic heterocycles. The first kappa shape index (κ1) is 37.4. The van der Waals surface area contributed by atoms with Crippen molar-refractivity contribution in [1.29, 1.82) is 0 Å². The van der Waals surface area contributed by atoms with Gasteiger partial charge in [-0.15, -0.1) is 0 Å². The van der Waals surface area contributed by atoms with Crippen LogP contribution in [0, 0.1) is 28.8 Å². The molecule has 4 saturated heterocycles. The van der Waals surface area contributed by atoms with Crippen LogP contribution in [-0.2, 0) is 16.1 Å². The number of phenolic OH excluding ortho intramolecular Hbond substituents is 1. The Morgan fingerprint density at radius 3 is 2.35 bits per heavy atom. The number of aromatic hydroxyl groups is 1. The van der Waals surface area contributed by atoms with E-state index in [0.29, 0.717) is 34.0 Å². The molecular formula is C47H48F3N5O5. The standard InChI is InChI=1S/C47H48F3N5O5/c48-36-2-1-3-37(49)44(36)35-25-60-41-22-32(56)6-8-34(41)43(35)29-4-9-39(38(50)21-29)53-16-12-28(13-17-53)23-52-18-14-47(15-19-52)26-54(27-47)31-5-7-33-30(20-31)24-55(46(33)59)40-10-11-42(57)51-45(40)58/h1-9,20-22,28,35,40,43,56H,10-19,23-27H2,(H,51,57,58)/t35-,40?,43+/m0/s1/i40D. The Labute approximate surface area is 348 Å². The van der Waals surface area contributed by atoms with Crippen molar-refractivity contribution in [3.8, 4) is 11.5 Å². The fraction of sp³-hybridized carbons (Fsp3) is 0.426. The highest BCUT2D eigenvalue weighted by molar-refractivity contribution is 6.05. The lowest BCUT2D eigenvalue weighted by Gasteiger charge is -2.55. The quantitative estimate of drug-likeness (QED) is 0.199. The molecule has 2 N–H and O–H groups in total. The van der Waals surface area contributed by atoms with Gasteiger partial charge in [0.05, 0.1) is 13.7 Å². The van der Waals surface area contributed by atoms with Gasteiger partial charge >= 0.3 is 0 Å². The lowest BCUT2D eigenvalue weighted by atomic mass is 9.71. The van der Waals surface area contributed by atoms with Crippen molar-refractivity contribution in [1.82, 2.24) is 15.1 Å². The van der Waals surface area contributed by atoms with Crippen LogP contribution in [0.1, 0.15) is 84.3 Å². The Kier molecular flexibility index (Phi) is 9.46. The molecule has 1 spiro atoms. The summed E-state index contributed by atoms with van der Waals surface area (Å²) < 4.78 is 61.0. The summed E-state index contributed by atoms with van der Waals surface area (Å²) in [6.07, 6.45) is 4.13. The summed E-state index contributed by atoms with van der Waals surface area (Å²) in [5.74, 6) is -3.67. The summed E-state index contributed by atoms with van der Waals surface area (Å²) in [5, 5.41) is 12.3. The van der Waals surface area contributed by atoms with Gasteiger partial charge in [0.2, 0.25) is 11.8 Å². The number of likely N-dealkylation sites (tertiary alicyclic amines) is 1. The van der Waals surface area contributed by atoms with Gasteiger partial charge in [0.15, 0.2) is 0 Å². The van der Waals surface area contributed by atoms with Crippen molar-refractivity contribution in [2.75, 3.05) is 62.2 Å². The summed E-state index contributed by atoms with van der Waals surface area (Å²) in [7, 11) is 0. The second kappa shape index (κ2) is 15.2. The smallest absolute Gasteiger partial charge is 0.255 e. The highest BCUT2D eigenvalue weighted by Crippen LogP contribution is 2.49. The molecule has 0 saturated carbocycles. The molecule has 13 heteroatoms. The summed E-state index contributed by atoms with van der Waals surface area (Å²) in [6, 6.07) is 17.5. The molecule has 10 rings (SSSR count). The minimum absolute atomic E-state index is 0.00882. The number of carbonyl (C=O) groups excluding carboxylic acids is 3. The van der Waals surface area contributed by atoms with E-state index in [9.17, 15) is 19.5 Å². The normalized spacial score (nSPS) is 25.7. The number of hydrogen-bond donors (Lipinski definition) is 2. The number of hydrogen-bond acceptors (Lipinski definition) is 8. The number of ether oxygens (including phenoxy) is 1. The molecule has 10 nitrogen and oxygen atoms in total. The molecule has 4 aromatic carbocycles. The largest absolute Gasteiger partial charge is 0.508 e. The number of carbonyl (C=O) groups is 3. The number of phenols is 1. The molecule has 312 valence electrons.